The third kappa shape index (κ3) is 2.74. The average molecular weight is 289 g/mol. The van der Waals surface area contributed by atoms with E-state index in [4.69, 9.17) is 15.7 Å². The summed E-state index contributed by atoms with van der Waals surface area (Å²) in [5.74, 6) is -0.218. The number of nitrogens with zero attached hydrogens (tertiary/aromatic N) is 2. The Kier molecular flexibility index (Phi) is 4.27. The number of hydrogen-bond donors (Lipinski definition) is 2. The van der Waals surface area contributed by atoms with Crippen LogP contribution < -0.4 is 15.4 Å². The summed E-state index contributed by atoms with van der Waals surface area (Å²) in [7, 11) is 3.31. The minimum atomic E-state index is -0.565. The molecule has 0 radical (unpaired) electrons. The van der Waals surface area contributed by atoms with Crippen LogP contribution in [-0.2, 0) is 0 Å². The molecule has 0 atom stereocenters. The molecule has 3 N–H and O–H groups in total. The molecule has 5 nitrogen and oxygen atoms in total. The summed E-state index contributed by atoms with van der Waals surface area (Å²) in [6.07, 6.45) is 0. The van der Waals surface area contributed by atoms with Gasteiger partial charge < -0.3 is 20.6 Å². The van der Waals surface area contributed by atoms with Crippen molar-refractivity contribution in [3.05, 3.63) is 53.8 Å². The van der Waals surface area contributed by atoms with Crippen LogP contribution in [0.25, 0.3) is 0 Å². The van der Waals surface area contributed by atoms with E-state index in [-0.39, 0.29) is 11.4 Å². The highest BCUT2D eigenvalue weighted by molar-refractivity contribution is 6.03. The molecule has 0 bridgehead atoms. The summed E-state index contributed by atoms with van der Waals surface area (Å²) in [4.78, 5) is 1.72. The first-order valence-electron chi connectivity index (χ1n) is 6.23. The summed E-state index contributed by atoms with van der Waals surface area (Å²) in [5.41, 5.74) is 6.82. The zero-order chi connectivity index (χ0) is 15.4. The topological polar surface area (TPSA) is 71.1 Å². The van der Waals surface area contributed by atoms with Gasteiger partial charge in [-0.25, -0.2) is 4.39 Å². The van der Waals surface area contributed by atoms with Gasteiger partial charge in [0.1, 0.15) is 11.6 Å². The second-order valence-corrected chi connectivity index (χ2v) is 4.35. The number of amidine groups is 1. The number of hydrogen-bond acceptors (Lipinski definition) is 4. The Hall–Kier alpha value is -2.76. The number of methoxy groups -OCH3 is 1. The second-order valence-electron chi connectivity index (χ2n) is 4.35. The molecule has 0 aliphatic carbocycles. The first-order chi connectivity index (χ1) is 10.1. The van der Waals surface area contributed by atoms with Gasteiger partial charge in [0.2, 0.25) is 0 Å². The van der Waals surface area contributed by atoms with Crippen molar-refractivity contribution in [2.75, 3.05) is 19.1 Å². The minimum Gasteiger partial charge on any atom is -0.495 e. The van der Waals surface area contributed by atoms with Crippen molar-refractivity contribution in [1.29, 1.82) is 0 Å². The van der Waals surface area contributed by atoms with Gasteiger partial charge in [0, 0.05) is 7.05 Å². The Labute approximate surface area is 122 Å². The van der Waals surface area contributed by atoms with Crippen LogP contribution in [0.5, 0.6) is 5.75 Å². The van der Waals surface area contributed by atoms with E-state index in [2.05, 4.69) is 5.16 Å². The number of nitrogens with two attached hydrogens (primary N) is 1. The third-order valence-corrected chi connectivity index (χ3v) is 3.16. The molecule has 21 heavy (non-hydrogen) atoms. The molecule has 0 fully saturated rings. The summed E-state index contributed by atoms with van der Waals surface area (Å²) >= 11 is 0. The van der Waals surface area contributed by atoms with Crippen LogP contribution in [0, 0.1) is 5.82 Å². The van der Waals surface area contributed by atoms with Gasteiger partial charge in [-0.3, -0.25) is 0 Å². The van der Waals surface area contributed by atoms with Crippen LogP contribution in [0.2, 0.25) is 0 Å². The normalized spacial score (nSPS) is 11.3. The van der Waals surface area contributed by atoms with Crippen LogP contribution in [-0.4, -0.2) is 25.2 Å². The van der Waals surface area contributed by atoms with Crippen LogP contribution in [0.15, 0.2) is 47.6 Å². The number of ether oxygens (including phenoxy) is 1. The highest BCUT2D eigenvalue weighted by Crippen LogP contribution is 2.34. The molecular formula is C15H16FN3O2. The van der Waals surface area contributed by atoms with Crippen molar-refractivity contribution in [2.24, 2.45) is 10.9 Å². The van der Waals surface area contributed by atoms with E-state index in [0.717, 1.165) is 5.69 Å². The molecule has 0 aliphatic rings. The Morgan fingerprint density at radius 3 is 2.52 bits per heavy atom. The van der Waals surface area contributed by atoms with Crippen molar-refractivity contribution in [2.45, 2.75) is 0 Å². The fraction of sp³-hybridized carbons (Fsp3) is 0.133. The number of anilines is 2. The molecule has 0 heterocycles. The van der Waals surface area contributed by atoms with E-state index < -0.39 is 5.82 Å². The lowest BCUT2D eigenvalue weighted by Crippen LogP contribution is -2.21. The maximum Gasteiger partial charge on any atom is 0.175 e. The molecule has 0 aliphatic heterocycles. The van der Waals surface area contributed by atoms with Crippen LogP contribution in [0.1, 0.15) is 5.56 Å². The number of halogens is 1. The van der Waals surface area contributed by atoms with Crippen molar-refractivity contribution < 1.29 is 14.3 Å². The smallest absolute Gasteiger partial charge is 0.175 e. The zero-order valence-corrected chi connectivity index (χ0v) is 11.7. The lowest BCUT2D eigenvalue weighted by molar-refractivity contribution is 0.318. The molecular weight excluding hydrogens is 273 g/mol. The summed E-state index contributed by atoms with van der Waals surface area (Å²) in [6.45, 7) is 0. The third-order valence-electron chi connectivity index (χ3n) is 3.16. The first kappa shape index (κ1) is 14.6. The van der Waals surface area contributed by atoms with Gasteiger partial charge in [0.25, 0.3) is 0 Å². The maximum atomic E-state index is 14.0. The van der Waals surface area contributed by atoms with Gasteiger partial charge in [0.15, 0.2) is 5.84 Å². The molecule has 6 heteroatoms. The number of benzene rings is 2. The highest BCUT2D eigenvalue weighted by Gasteiger charge is 2.18. The van der Waals surface area contributed by atoms with Crippen molar-refractivity contribution in [1.82, 2.24) is 0 Å². The van der Waals surface area contributed by atoms with Crippen LogP contribution in [0.3, 0.4) is 0 Å². The molecule has 2 aromatic carbocycles. The molecule has 0 saturated carbocycles. The molecule has 0 amide bonds. The van der Waals surface area contributed by atoms with Crippen LogP contribution in [0.4, 0.5) is 15.8 Å². The van der Waals surface area contributed by atoms with Gasteiger partial charge in [-0.2, -0.15) is 0 Å². The predicted molar refractivity (Wildman–Crippen MR) is 80.0 cm³/mol. The van der Waals surface area contributed by atoms with Crippen molar-refractivity contribution >= 4 is 17.2 Å². The van der Waals surface area contributed by atoms with Gasteiger partial charge in [0.05, 0.1) is 24.0 Å². The minimum absolute atomic E-state index is 0.0356. The molecule has 0 spiro atoms. The Bertz CT molecular complexity index is 674. The molecule has 0 unspecified atom stereocenters. The lowest BCUT2D eigenvalue weighted by Gasteiger charge is -2.24. The molecule has 110 valence electrons. The Morgan fingerprint density at radius 2 is 1.86 bits per heavy atom. The average Bonchev–Trinajstić information content (AvgIpc) is 2.53. The monoisotopic (exact) mass is 289 g/mol. The second kappa shape index (κ2) is 6.13. The number of rotatable bonds is 4. The van der Waals surface area contributed by atoms with E-state index in [1.165, 1.54) is 6.07 Å². The number of para-hydroxylation sites is 2. The SMILES string of the molecule is COc1ccccc1N(C)c1cccc(F)c1C(N)=NO. The molecule has 2 rings (SSSR count). The van der Waals surface area contributed by atoms with E-state index in [1.807, 2.05) is 18.2 Å². The predicted octanol–water partition coefficient (Wildman–Crippen LogP) is 2.70. The van der Waals surface area contributed by atoms with Gasteiger partial charge >= 0.3 is 0 Å². The Morgan fingerprint density at radius 1 is 1.19 bits per heavy atom. The molecule has 0 saturated heterocycles. The van der Waals surface area contributed by atoms with Gasteiger partial charge in [-0.15, -0.1) is 0 Å². The fourth-order valence-electron chi connectivity index (χ4n) is 2.13. The highest BCUT2D eigenvalue weighted by atomic mass is 19.1. The standard InChI is InChI=1S/C15H16FN3O2/c1-19(11-7-3-4-9-13(11)21-2)12-8-5-6-10(16)14(12)15(17)18-20/h3-9,20H,1-2H3,(H2,17,18). The van der Waals surface area contributed by atoms with Crippen LogP contribution >= 0.6 is 0 Å². The van der Waals surface area contributed by atoms with Crippen molar-refractivity contribution in [3.8, 4) is 5.75 Å². The van der Waals surface area contributed by atoms with Crippen molar-refractivity contribution in [3.63, 3.8) is 0 Å². The summed E-state index contributed by atoms with van der Waals surface area (Å²) in [5, 5.41) is 11.7. The first-order valence-corrected chi connectivity index (χ1v) is 6.23. The van der Waals surface area contributed by atoms with Gasteiger partial charge in [-0.1, -0.05) is 23.4 Å². The van der Waals surface area contributed by atoms with E-state index in [1.54, 1.807) is 37.3 Å². The number of oxime groups is 1. The zero-order valence-electron chi connectivity index (χ0n) is 11.7. The molecule has 0 aromatic heterocycles. The summed E-state index contributed by atoms with van der Waals surface area (Å²) in [6, 6.07) is 11.8. The largest absolute Gasteiger partial charge is 0.495 e. The quantitative estimate of drug-likeness (QED) is 0.393. The van der Waals surface area contributed by atoms with E-state index in [0.29, 0.717) is 11.4 Å². The summed E-state index contributed by atoms with van der Waals surface area (Å²) < 4.78 is 19.3. The molecule has 2 aromatic rings. The van der Waals surface area contributed by atoms with E-state index >= 15 is 0 Å². The van der Waals surface area contributed by atoms with Gasteiger partial charge in [-0.05, 0) is 24.3 Å². The Balaban J connectivity index is 2.59. The maximum absolute atomic E-state index is 14.0. The fourth-order valence-corrected chi connectivity index (χ4v) is 2.13. The lowest BCUT2D eigenvalue weighted by atomic mass is 10.1. The van der Waals surface area contributed by atoms with E-state index in [9.17, 15) is 4.39 Å².